The predicted octanol–water partition coefficient (Wildman–Crippen LogP) is 5.53. The Hall–Kier alpha value is -3.54. The molecule has 0 aliphatic rings. The highest BCUT2D eigenvalue weighted by Crippen LogP contribution is 2.33. The molecule has 0 fully saturated rings. The van der Waals surface area contributed by atoms with Crippen LogP contribution < -0.4 is 19.1 Å². The molecule has 1 N–H and O–H groups in total. The van der Waals surface area contributed by atoms with Crippen molar-refractivity contribution >= 4 is 50.7 Å². The van der Waals surface area contributed by atoms with Crippen molar-refractivity contribution in [1.29, 1.82) is 0 Å². The zero-order chi connectivity index (χ0) is 31.9. The highest BCUT2D eigenvalue weighted by atomic mass is 35.5. The Morgan fingerprint density at radius 3 is 2.09 bits per heavy atom. The van der Waals surface area contributed by atoms with Gasteiger partial charge in [-0.1, -0.05) is 43.1 Å². The molecule has 232 valence electrons. The average Bonchev–Trinajstić information content (AvgIpc) is 2.98. The Balaban J connectivity index is 2.09. The summed E-state index contributed by atoms with van der Waals surface area (Å²) >= 11 is 12.8. The summed E-state index contributed by atoms with van der Waals surface area (Å²) in [6.07, 6.45) is 0. The summed E-state index contributed by atoms with van der Waals surface area (Å²) in [6, 6.07) is 12.5. The number of hydrogen-bond acceptors (Lipinski definition) is 6. The fraction of sp³-hybridized carbons (Fsp3) is 0.333. The van der Waals surface area contributed by atoms with E-state index in [2.05, 4.69) is 5.32 Å². The zero-order valence-corrected chi connectivity index (χ0v) is 26.8. The molecule has 3 aromatic rings. The van der Waals surface area contributed by atoms with Crippen molar-refractivity contribution < 1.29 is 31.9 Å². The number of rotatable bonds is 13. The molecule has 3 rings (SSSR count). The quantitative estimate of drug-likeness (QED) is 0.260. The summed E-state index contributed by atoms with van der Waals surface area (Å²) in [4.78, 5) is 28.2. The Bertz CT molecular complexity index is 1530. The molecule has 9 nitrogen and oxygen atoms in total. The lowest BCUT2D eigenvalue weighted by molar-refractivity contribution is -0.139. The molecule has 0 unspecified atom stereocenters. The molecule has 2 amide bonds. The van der Waals surface area contributed by atoms with Crippen LogP contribution in [0.1, 0.15) is 26.3 Å². The molecule has 0 spiro atoms. The van der Waals surface area contributed by atoms with Gasteiger partial charge in [-0.05, 0) is 61.4 Å². The first-order chi connectivity index (χ1) is 20.3. The van der Waals surface area contributed by atoms with E-state index in [1.54, 1.807) is 18.2 Å². The first-order valence-electron chi connectivity index (χ1n) is 13.3. The van der Waals surface area contributed by atoms with E-state index in [-0.39, 0.29) is 38.8 Å². The number of benzene rings is 3. The number of sulfonamides is 1. The van der Waals surface area contributed by atoms with E-state index >= 15 is 0 Å². The Labute approximate surface area is 261 Å². The second-order valence-corrected chi connectivity index (χ2v) is 12.7. The highest BCUT2D eigenvalue weighted by Gasteiger charge is 2.33. The van der Waals surface area contributed by atoms with Crippen molar-refractivity contribution in [3.63, 3.8) is 0 Å². The summed E-state index contributed by atoms with van der Waals surface area (Å²) in [5.41, 5.74) is 0.413. The molecule has 0 radical (unpaired) electrons. The van der Waals surface area contributed by atoms with Crippen LogP contribution in [0, 0.1) is 11.7 Å². The van der Waals surface area contributed by atoms with Gasteiger partial charge in [0.1, 0.15) is 18.4 Å². The minimum absolute atomic E-state index is 0.0252. The number of carbonyl (C=O) groups is 2. The minimum Gasteiger partial charge on any atom is -0.493 e. The molecule has 43 heavy (non-hydrogen) atoms. The van der Waals surface area contributed by atoms with Gasteiger partial charge in [-0.25, -0.2) is 12.8 Å². The first kappa shape index (κ1) is 34.0. The standard InChI is InChI=1S/C30H34Cl2FN3O6S/c1-19(2)16-34-30(38)20(3)35(17-24-25(31)7-6-8-26(24)32)29(37)18-36(22-11-9-21(33)10-12-22)43(39,40)23-13-14-27(41-4)28(15-23)42-5/h6-15,19-20H,16-18H2,1-5H3,(H,34,38)/t20-/m0/s1. The van der Waals surface area contributed by atoms with E-state index in [0.717, 1.165) is 16.4 Å². The number of nitrogens with zero attached hydrogens (tertiary/aromatic N) is 2. The second-order valence-electron chi connectivity index (χ2n) is 10.0. The lowest BCUT2D eigenvalue weighted by atomic mass is 10.1. The molecule has 1 atom stereocenters. The van der Waals surface area contributed by atoms with E-state index in [1.807, 2.05) is 13.8 Å². The van der Waals surface area contributed by atoms with Gasteiger partial charge in [-0.15, -0.1) is 0 Å². The summed E-state index contributed by atoms with van der Waals surface area (Å²) < 4.78 is 53.3. The van der Waals surface area contributed by atoms with Crippen LogP contribution in [0.25, 0.3) is 0 Å². The molecular formula is C30H34Cl2FN3O6S. The maximum absolute atomic E-state index is 14.0. The number of hydrogen-bond donors (Lipinski definition) is 1. The van der Waals surface area contributed by atoms with Gasteiger partial charge < -0.3 is 19.7 Å². The second kappa shape index (κ2) is 14.8. The summed E-state index contributed by atoms with van der Waals surface area (Å²) in [6.45, 7) is 4.85. The lowest BCUT2D eigenvalue weighted by Crippen LogP contribution is -2.51. The van der Waals surface area contributed by atoms with Gasteiger partial charge in [0.25, 0.3) is 10.0 Å². The van der Waals surface area contributed by atoms with E-state index in [0.29, 0.717) is 17.9 Å². The van der Waals surface area contributed by atoms with Crippen molar-refractivity contribution in [1.82, 2.24) is 10.2 Å². The summed E-state index contributed by atoms with van der Waals surface area (Å²) in [5.74, 6) is -1.16. The van der Waals surface area contributed by atoms with Crippen molar-refractivity contribution in [3.8, 4) is 11.5 Å². The Morgan fingerprint density at radius 2 is 1.53 bits per heavy atom. The fourth-order valence-electron chi connectivity index (χ4n) is 4.13. The first-order valence-corrected chi connectivity index (χ1v) is 15.5. The summed E-state index contributed by atoms with van der Waals surface area (Å²) in [7, 11) is -1.66. The van der Waals surface area contributed by atoms with Gasteiger partial charge in [-0.3, -0.25) is 13.9 Å². The van der Waals surface area contributed by atoms with Crippen molar-refractivity contribution in [2.45, 2.75) is 38.3 Å². The van der Waals surface area contributed by atoms with Crippen LogP contribution in [-0.2, 0) is 26.2 Å². The third kappa shape index (κ3) is 8.31. The number of nitrogens with one attached hydrogen (secondary N) is 1. The molecule has 3 aromatic carbocycles. The van der Waals surface area contributed by atoms with Crippen LogP contribution >= 0.6 is 23.2 Å². The van der Waals surface area contributed by atoms with Crippen LogP contribution in [0.4, 0.5) is 10.1 Å². The van der Waals surface area contributed by atoms with Crippen LogP contribution in [0.3, 0.4) is 0 Å². The van der Waals surface area contributed by atoms with Gasteiger partial charge in [-0.2, -0.15) is 0 Å². The van der Waals surface area contributed by atoms with Gasteiger partial charge in [0.2, 0.25) is 11.8 Å². The molecule has 0 bridgehead atoms. The Morgan fingerprint density at radius 1 is 0.930 bits per heavy atom. The van der Waals surface area contributed by atoms with Crippen molar-refractivity contribution in [2.24, 2.45) is 5.92 Å². The molecule has 0 heterocycles. The van der Waals surface area contributed by atoms with E-state index in [1.165, 1.54) is 56.4 Å². The number of carbonyl (C=O) groups excluding carboxylic acids is 2. The molecule has 0 saturated carbocycles. The van der Waals surface area contributed by atoms with E-state index in [4.69, 9.17) is 32.7 Å². The normalized spacial score (nSPS) is 12.0. The third-order valence-corrected chi connectivity index (χ3v) is 9.06. The van der Waals surface area contributed by atoms with Crippen molar-refractivity contribution in [3.05, 3.63) is 82.1 Å². The average molecular weight is 655 g/mol. The van der Waals surface area contributed by atoms with Gasteiger partial charge in [0.05, 0.1) is 24.8 Å². The predicted molar refractivity (Wildman–Crippen MR) is 165 cm³/mol. The zero-order valence-electron chi connectivity index (χ0n) is 24.4. The van der Waals surface area contributed by atoms with Crippen molar-refractivity contribution in [2.75, 3.05) is 31.6 Å². The topological polar surface area (TPSA) is 105 Å². The third-order valence-electron chi connectivity index (χ3n) is 6.58. The lowest BCUT2D eigenvalue weighted by Gasteiger charge is -2.32. The largest absolute Gasteiger partial charge is 0.493 e. The van der Waals surface area contributed by atoms with Crippen LogP contribution in [-0.4, -0.2) is 58.5 Å². The molecule has 13 heteroatoms. The van der Waals surface area contributed by atoms with E-state index in [9.17, 15) is 22.4 Å². The molecule has 0 aromatic heterocycles. The highest BCUT2D eigenvalue weighted by molar-refractivity contribution is 7.92. The Kier molecular flexibility index (Phi) is 11.7. The molecule has 0 saturated heterocycles. The SMILES string of the molecule is COc1ccc(S(=O)(=O)N(CC(=O)N(Cc2c(Cl)cccc2Cl)[C@@H](C)C(=O)NCC(C)C)c2ccc(F)cc2)cc1OC. The fourth-order valence-corrected chi connectivity index (χ4v) is 6.08. The smallest absolute Gasteiger partial charge is 0.264 e. The number of anilines is 1. The van der Waals surface area contributed by atoms with Gasteiger partial charge >= 0.3 is 0 Å². The van der Waals surface area contributed by atoms with Gasteiger partial charge in [0.15, 0.2) is 11.5 Å². The number of ether oxygens (including phenoxy) is 2. The molecular weight excluding hydrogens is 620 g/mol. The van der Waals surface area contributed by atoms with Crippen LogP contribution in [0.5, 0.6) is 11.5 Å². The summed E-state index contributed by atoms with van der Waals surface area (Å²) in [5, 5.41) is 3.35. The van der Waals surface area contributed by atoms with E-state index < -0.39 is 40.2 Å². The monoisotopic (exact) mass is 653 g/mol. The molecule has 0 aliphatic heterocycles. The number of methoxy groups -OCH3 is 2. The maximum atomic E-state index is 14.0. The maximum Gasteiger partial charge on any atom is 0.264 e. The van der Waals surface area contributed by atoms with Gasteiger partial charge in [0, 0.05) is 34.8 Å². The number of amides is 2. The number of halogens is 3. The van der Waals surface area contributed by atoms with Crippen LogP contribution in [0.15, 0.2) is 65.6 Å². The van der Waals surface area contributed by atoms with Crippen LogP contribution in [0.2, 0.25) is 10.0 Å². The molecule has 0 aliphatic carbocycles. The minimum atomic E-state index is -4.43.